The van der Waals surface area contributed by atoms with Crippen molar-refractivity contribution in [3.63, 3.8) is 0 Å². The van der Waals surface area contributed by atoms with E-state index in [2.05, 4.69) is 15.6 Å². The van der Waals surface area contributed by atoms with Crippen molar-refractivity contribution in [1.82, 2.24) is 15.6 Å². The number of amides is 2. The number of nitrogens with zero attached hydrogens (tertiary/aromatic N) is 1. The zero-order chi connectivity index (χ0) is 19.5. The summed E-state index contributed by atoms with van der Waals surface area (Å²) in [6.45, 7) is 1.85. The van der Waals surface area contributed by atoms with E-state index in [4.69, 9.17) is 4.74 Å². The second-order valence-electron chi connectivity index (χ2n) is 6.50. The molecule has 0 aromatic carbocycles. The van der Waals surface area contributed by atoms with Gasteiger partial charge in [-0.25, -0.2) is 0 Å². The van der Waals surface area contributed by atoms with Crippen LogP contribution >= 0.6 is 0 Å². The van der Waals surface area contributed by atoms with E-state index in [1.54, 1.807) is 13.8 Å². The molecule has 1 heterocycles. The van der Waals surface area contributed by atoms with Gasteiger partial charge >= 0.3 is 6.18 Å². The predicted octanol–water partition coefficient (Wildman–Crippen LogP) is 2.54. The number of pyridine rings is 1. The van der Waals surface area contributed by atoms with Crippen LogP contribution in [0.2, 0.25) is 0 Å². The van der Waals surface area contributed by atoms with Gasteiger partial charge in [-0.3, -0.25) is 14.6 Å². The van der Waals surface area contributed by atoms with E-state index in [9.17, 15) is 22.8 Å². The Morgan fingerprint density at radius 2 is 2.00 bits per heavy atom. The van der Waals surface area contributed by atoms with Gasteiger partial charge in [-0.15, -0.1) is 0 Å². The Hall–Kier alpha value is -2.32. The van der Waals surface area contributed by atoms with Crippen molar-refractivity contribution in [2.45, 2.75) is 50.7 Å². The molecule has 2 amide bonds. The van der Waals surface area contributed by atoms with Crippen LogP contribution in [0.3, 0.4) is 0 Å². The minimum Gasteiger partial charge on any atom is -0.484 e. The Labute approximate surface area is 149 Å². The van der Waals surface area contributed by atoms with Crippen LogP contribution in [-0.2, 0) is 4.79 Å². The van der Waals surface area contributed by atoms with Gasteiger partial charge in [-0.05, 0) is 32.1 Å². The van der Waals surface area contributed by atoms with Crippen LogP contribution < -0.4 is 15.4 Å². The first kappa shape index (κ1) is 20.0. The fraction of sp³-hybridized carbons (Fsp3) is 0.588. The zero-order valence-corrected chi connectivity index (χ0v) is 14.9. The minimum absolute atomic E-state index is 0.00289. The van der Waals surface area contributed by atoms with Gasteiger partial charge in [0.25, 0.3) is 5.91 Å². The average Bonchev–Trinajstić information content (AvgIpc) is 3.43. The summed E-state index contributed by atoms with van der Waals surface area (Å²) in [6, 6.07) is 1.20. The largest absolute Gasteiger partial charge is 0.484 e. The monoisotopic (exact) mass is 373 g/mol. The van der Waals surface area contributed by atoms with Crippen molar-refractivity contribution in [2.24, 2.45) is 0 Å². The highest BCUT2D eigenvalue weighted by molar-refractivity contribution is 5.98. The summed E-state index contributed by atoms with van der Waals surface area (Å²) in [7, 11) is 1.45. The number of rotatable bonds is 7. The van der Waals surface area contributed by atoms with Crippen LogP contribution in [0.25, 0.3) is 0 Å². The Morgan fingerprint density at radius 3 is 2.50 bits per heavy atom. The molecule has 1 aliphatic rings. The SMILES string of the molecule is CCC(C)(NC(=O)c1cc(OCC(F)(F)F)c(C2CC2)cn1)C(=O)NC. The van der Waals surface area contributed by atoms with Gasteiger partial charge in [0.1, 0.15) is 17.0 Å². The van der Waals surface area contributed by atoms with E-state index in [1.165, 1.54) is 19.3 Å². The fourth-order valence-electron chi connectivity index (χ4n) is 2.45. The number of hydrogen-bond donors (Lipinski definition) is 2. The molecular formula is C17H22F3N3O3. The van der Waals surface area contributed by atoms with Crippen molar-refractivity contribution in [3.8, 4) is 5.75 Å². The third-order valence-electron chi connectivity index (χ3n) is 4.36. The first-order valence-electron chi connectivity index (χ1n) is 8.34. The molecule has 26 heavy (non-hydrogen) atoms. The quantitative estimate of drug-likeness (QED) is 0.770. The maximum atomic E-state index is 12.5. The molecule has 1 aliphatic carbocycles. The van der Waals surface area contributed by atoms with E-state index >= 15 is 0 Å². The second-order valence-corrected chi connectivity index (χ2v) is 6.50. The van der Waals surface area contributed by atoms with Gasteiger partial charge in [0, 0.05) is 24.9 Å². The number of aromatic nitrogens is 1. The lowest BCUT2D eigenvalue weighted by molar-refractivity contribution is -0.153. The molecule has 1 aromatic rings. The molecule has 144 valence electrons. The summed E-state index contributed by atoms with van der Waals surface area (Å²) >= 11 is 0. The maximum absolute atomic E-state index is 12.5. The van der Waals surface area contributed by atoms with Crippen molar-refractivity contribution in [3.05, 3.63) is 23.5 Å². The summed E-state index contributed by atoms with van der Waals surface area (Å²) in [5, 5.41) is 5.05. The number of carbonyl (C=O) groups is 2. The van der Waals surface area contributed by atoms with Crippen molar-refractivity contribution in [2.75, 3.05) is 13.7 Å². The van der Waals surface area contributed by atoms with Crippen LogP contribution in [-0.4, -0.2) is 42.2 Å². The van der Waals surface area contributed by atoms with Crippen LogP contribution in [0.4, 0.5) is 13.2 Å². The lowest BCUT2D eigenvalue weighted by Crippen LogP contribution is -2.55. The van der Waals surface area contributed by atoms with Gasteiger partial charge in [0.15, 0.2) is 6.61 Å². The van der Waals surface area contributed by atoms with Gasteiger partial charge in [-0.2, -0.15) is 13.2 Å². The number of alkyl halides is 3. The second kappa shape index (κ2) is 7.51. The molecule has 2 N–H and O–H groups in total. The van der Waals surface area contributed by atoms with Gasteiger partial charge in [-0.1, -0.05) is 6.92 Å². The van der Waals surface area contributed by atoms with Gasteiger partial charge in [0.2, 0.25) is 5.91 Å². The smallest absolute Gasteiger partial charge is 0.422 e. The Kier molecular flexibility index (Phi) is 5.77. The van der Waals surface area contributed by atoms with Crippen LogP contribution in [0.15, 0.2) is 12.3 Å². The maximum Gasteiger partial charge on any atom is 0.422 e. The van der Waals surface area contributed by atoms with E-state index in [-0.39, 0.29) is 23.3 Å². The lowest BCUT2D eigenvalue weighted by atomic mass is 9.97. The highest BCUT2D eigenvalue weighted by Crippen LogP contribution is 2.44. The van der Waals surface area contributed by atoms with Gasteiger partial charge in [0.05, 0.1) is 0 Å². The normalized spacial score (nSPS) is 16.5. The molecule has 1 atom stereocenters. The molecule has 1 unspecified atom stereocenters. The number of nitrogens with one attached hydrogen (secondary N) is 2. The molecule has 0 saturated heterocycles. The fourth-order valence-corrected chi connectivity index (χ4v) is 2.45. The first-order valence-corrected chi connectivity index (χ1v) is 8.34. The highest BCUT2D eigenvalue weighted by atomic mass is 19.4. The highest BCUT2D eigenvalue weighted by Gasteiger charge is 2.35. The van der Waals surface area contributed by atoms with E-state index < -0.39 is 24.2 Å². The third-order valence-corrected chi connectivity index (χ3v) is 4.36. The van der Waals surface area contributed by atoms with Crippen molar-refractivity contribution < 1.29 is 27.5 Å². The standard InChI is InChI=1S/C17H22F3N3O3/c1-4-16(2,15(25)21-3)23-14(24)12-7-13(26-9-17(18,19)20)11(8-22-12)10-5-6-10/h7-8,10H,4-6,9H2,1-3H3,(H,21,25)(H,23,24). The van der Waals surface area contributed by atoms with Crippen LogP contribution in [0.5, 0.6) is 5.75 Å². The summed E-state index contributed by atoms with van der Waals surface area (Å²) in [5.41, 5.74) is -0.694. The zero-order valence-electron chi connectivity index (χ0n) is 14.9. The molecule has 0 spiro atoms. The van der Waals surface area contributed by atoms with Gasteiger partial charge < -0.3 is 15.4 Å². The topological polar surface area (TPSA) is 80.3 Å². The molecular weight excluding hydrogens is 351 g/mol. The third kappa shape index (κ3) is 4.86. The van der Waals surface area contributed by atoms with Crippen molar-refractivity contribution >= 4 is 11.8 Å². The first-order chi connectivity index (χ1) is 12.1. The lowest BCUT2D eigenvalue weighted by Gasteiger charge is -2.27. The molecule has 9 heteroatoms. The molecule has 6 nitrogen and oxygen atoms in total. The predicted molar refractivity (Wildman–Crippen MR) is 88.0 cm³/mol. The molecule has 0 aliphatic heterocycles. The van der Waals surface area contributed by atoms with Crippen LogP contribution in [0, 0.1) is 0 Å². The Bertz CT molecular complexity index is 690. The van der Waals surface area contributed by atoms with Crippen LogP contribution in [0.1, 0.15) is 55.1 Å². The Morgan fingerprint density at radius 1 is 1.35 bits per heavy atom. The number of likely N-dealkylation sites (N-methyl/N-ethyl adjacent to an activating group) is 1. The number of hydrogen-bond acceptors (Lipinski definition) is 4. The minimum atomic E-state index is -4.48. The molecule has 1 saturated carbocycles. The molecule has 1 fully saturated rings. The van der Waals surface area contributed by atoms with E-state index in [0.717, 1.165) is 12.8 Å². The summed E-state index contributed by atoms with van der Waals surface area (Å²) in [6.07, 6.45) is -1.08. The number of halogens is 3. The average molecular weight is 373 g/mol. The summed E-state index contributed by atoms with van der Waals surface area (Å²) in [4.78, 5) is 28.5. The molecule has 0 bridgehead atoms. The van der Waals surface area contributed by atoms with E-state index in [1.807, 2.05) is 0 Å². The molecule has 2 rings (SSSR count). The van der Waals surface area contributed by atoms with E-state index in [0.29, 0.717) is 12.0 Å². The number of ether oxygens (including phenoxy) is 1. The molecule has 1 aromatic heterocycles. The van der Waals surface area contributed by atoms with Crippen molar-refractivity contribution in [1.29, 1.82) is 0 Å². The summed E-state index contributed by atoms with van der Waals surface area (Å²) in [5.74, 6) is -0.925. The number of carbonyl (C=O) groups excluding carboxylic acids is 2. The Balaban J connectivity index is 2.23. The summed E-state index contributed by atoms with van der Waals surface area (Å²) < 4.78 is 42.3. The molecule has 0 radical (unpaired) electrons.